The van der Waals surface area contributed by atoms with Crippen LogP contribution in [0.1, 0.15) is 50.6 Å². The molecular formula is C23H26FN7O2. The Balaban J connectivity index is 1.61. The molecule has 9 nitrogen and oxygen atoms in total. The van der Waals surface area contributed by atoms with Crippen LogP contribution in [-0.2, 0) is 18.6 Å². The topological polar surface area (TPSA) is 103 Å². The Kier molecular flexibility index (Phi) is 5.04. The summed E-state index contributed by atoms with van der Waals surface area (Å²) in [6, 6.07) is 7.47. The maximum Gasteiger partial charge on any atom is 0.278 e. The van der Waals surface area contributed by atoms with Gasteiger partial charge in [-0.15, -0.1) is 0 Å². The van der Waals surface area contributed by atoms with Crippen LogP contribution in [0.15, 0.2) is 39.8 Å². The van der Waals surface area contributed by atoms with Crippen LogP contribution in [0.3, 0.4) is 0 Å². The van der Waals surface area contributed by atoms with Gasteiger partial charge in [0.25, 0.3) is 5.56 Å². The number of rotatable bonds is 5. The van der Waals surface area contributed by atoms with Crippen molar-refractivity contribution in [1.29, 1.82) is 0 Å². The SMILES string of the molecule is CC(C)n1c(=O)c2cnc(Nc3ccc4c(c3)CNCC4)nc2n1-c1cc(C(C)(C)F)on1. The van der Waals surface area contributed by atoms with E-state index in [1.165, 1.54) is 41.9 Å². The molecule has 0 amide bonds. The molecule has 172 valence electrons. The van der Waals surface area contributed by atoms with Crippen LogP contribution in [0, 0.1) is 0 Å². The predicted molar refractivity (Wildman–Crippen MR) is 123 cm³/mol. The van der Waals surface area contributed by atoms with Gasteiger partial charge in [-0.25, -0.2) is 18.7 Å². The van der Waals surface area contributed by atoms with Crippen molar-refractivity contribution in [3.63, 3.8) is 0 Å². The van der Waals surface area contributed by atoms with Crippen molar-refractivity contribution in [3.8, 4) is 5.82 Å². The van der Waals surface area contributed by atoms with E-state index in [0.29, 0.717) is 17.0 Å². The highest BCUT2D eigenvalue weighted by molar-refractivity contribution is 5.77. The van der Waals surface area contributed by atoms with E-state index >= 15 is 0 Å². The number of hydrogen-bond donors (Lipinski definition) is 2. The molecule has 1 aliphatic rings. The molecule has 0 aliphatic carbocycles. The fourth-order valence-corrected chi connectivity index (χ4v) is 4.08. The molecule has 0 spiro atoms. The number of aromatic nitrogens is 5. The smallest absolute Gasteiger partial charge is 0.278 e. The molecular weight excluding hydrogens is 425 g/mol. The average molecular weight is 452 g/mol. The van der Waals surface area contributed by atoms with E-state index in [-0.39, 0.29) is 23.2 Å². The van der Waals surface area contributed by atoms with E-state index in [1.54, 1.807) is 4.68 Å². The molecule has 10 heteroatoms. The highest BCUT2D eigenvalue weighted by atomic mass is 19.1. The first-order chi connectivity index (χ1) is 15.7. The maximum atomic E-state index is 14.4. The molecule has 1 aliphatic heterocycles. The van der Waals surface area contributed by atoms with Crippen molar-refractivity contribution in [2.45, 2.75) is 52.4 Å². The first-order valence-corrected chi connectivity index (χ1v) is 11.0. The minimum atomic E-state index is -1.71. The lowest BCUT2D eigenvalue weighted by Crippen LogP contribution is -2.24. The molecule has 5 rings (SSSR count). The number of halogens is 1. The van der Waals surface area contributed by atoms with Crippen LogP contribution in [0.2, 0.25) is 0 Å². The number of fused-ring (bicyclic) bond motifs is 2. The van der Waals surface area contributed by atoms with Gasteiger partial charge in [0.15, 0.2) is 22.9 Å². The molecule has 0 bridgehead atoms. The number of anilines is 2. The van der Waals surface area contributed by atoms with E-state index in [4.69, 9.17) is 4.52 Å². The van der Waals surface area contributed by atoms with Crippen molar-refractivity contribution < 1.29 is 8.91 Å². The largest absolute Gasteiger partial charge is 0.356 e. The van der Waals surface area contributed by atoms with Crippen LogP contribution >= 0.6 is 0 Å². The van der Waals surface area contributed by atoms with Gasteiger partial charge in [0.1, 0.15) is 5.39 Å². The summed E-state index contributed by atoms with van der Waals surface area (Å²) in [4.78, 5) is 22.1. The minimum absolute atomic E-state index is 0.0668. The highest BCUT2D eigenvalue weighted by Crippen LogP contribution is 2.28. The van der Waals surface area contributed by atoms with Gasteiger partial charge in [-0.2, -0.15) is 4.98 Å². The number of alkyl halides is 1. The van der Waals surface area contributed by atoms with Gasteiger partial charge in [0, 0.05) is 30.5 Å². The van der Waals surface area contributed by atoms with Crippen LogP contribution < -0.4 is 16.2 Å². The Morgan fingerprint density at radius 1 is 1.24 bits per heavy atom. The lowest BCUT2D eigenvalue weighted by Gasteiger charge is -2.18. The van der Waals surface area contributed by atoms with Gasteiger partial charge in [-0.3, -0.25) is 4.79 Å². The maximum absolute atomic E-state index is 14.4. The molecule has 33 heavy (non-hydrogen) atoms. The van der Waals surface area contributed by atoms with Crippen molar-refractivity contribution in [2.24, 2.45) is 0 Å². The molecule has 0 saturated heterocycles. The van der Waals surface area contributed by atoms with Gasteiger partial charge >= 0.3 is 0 Å². The van der Waals surface area contributed by atoms with Crippen molar-refractivity contribution in [3.05, 3.63) is 57.7 Å². The zero-order chi connectivity index (χ0) is 23.3. The van der Waals surface area contributed by atoms with E-state index < -0.39 is 5.67 Å². The Morgan fingerprint density at radius 3 is 2.79 bits per heavy atom. The molecule has 3 aromatic heterocycles. The van der Waals surface area contributed by atoms with Crippen molar-refractivity contribution in [1.82, 2.24) is 29.8 Å². The van der Waals surface area contributed by atoms with Gasteiger partial charge in [-0.05, 0) is 63.9 Å². The Labute approximate surface area is 189 Å². The number of nitrogens with zero attached hydrogens (tertiary/aromatic N) is 5. The fourth-order valence-electron chi connectivity index (χ4n) is 4.08. The van der Waals surface area contributed by atoms with Crippen LogP contribution in [0.25, 0.3) is 16.9 Å². The lowest BCUT2D eigenvalue weighted by molar-refractivity contribution is 0.163. The quantitative estimate of drug-likeness (QED) is 0.476. The van der Waals surface area contributed by atoms with Gasteiger partial charge < -0.3 is 15.2 Å². The molecule has 1 aromatic carbocycles. The molecule has 0 saturated carbocycles. The molecule has 0 fully saturated rings. The lowest BCUT2D eigenvalue weighted by atomic mass is 10.0. The van der Waals surface area contributed by atoms with Crippen LogP contribution in [-0.4, -0.2) is 31.0 Å². The zero-order valence-corrected chi connectivity index (χ0v) is 19.0. The van der Waals surface area contributed by atoms with Crippen LogP contribution in [0.5, 0.6) is 0 Å². The summed E-state index contributed by atoms with van der Waals surface area (Å²) in [6.07, 6.45) is 2.50. The summed E-state index contributed by atoms with van der Waals surface area (Å²) >= 11 is 0. The number of hydrogen-bond acceptors (Lipinski definition) is 7. The van der Waals surface area contributed by atoms with Crippen molar-refractivity contribution >= 4 is 22.7 Å². The predicted octanol–water partition coefficient (Wildman–Crippen LogP) is 3.75. The van der Waals surface area contributed by atoms with Crippen molar-refractivity contribution in [2.75, 3.05) is 11.9 Å². The summed E-state index contributed by atoms with van der Waals surface area (Å²) in [5, 5.41) is 11.0. The number of benzene rings is 1. The third kappa shape index (κ3) is 3.80. The second-order valence-electron chi connectivity index (χ2n) is 9.04. The monoisotopic (exact) mass is 451 g/mol. The minimum Gasteiger partial charge on any atom is -0.356 e. The van der Waals surface area contributed by atoms with E-state index in [1.807, 2.05) is 19.9 Å². The number of nitrogens with one attached hydrogen (secondary N) is 2. The zero-order valence-electron chi connectivity index (χ0n) is 19.0. The van der Waals surface area contributed by atoms with E-state index in [2.05, 4.69) is 37.9 Å². The normalized spacial score (nSPS) is 14.1. The molecule has 4 aromatic rings. The average Bonchev–Trinajstić information content (AvgIpc) is 3.37. The first kappa shape index (κ1) is 21.3. The van der Waals surface area contributed by atoms with Gasteiger partial charge in [0.05, 0.1) is 0 Å². The van der Waals surface area contributed by atoms with Crippen LogP contribution in [0.4, 0.5) is 16.0 Å². The highest BCUT2D eigenvalue weighted by Gasteiger charge is 2.27. The van der Waals surface area contributed by atoms with E-state index in [9.17, 15) is 9.18 Å². The summed E-state index contributed by atoms with van der Waals surface area (Å²) in [5.74, 6) is 0.689. The summed E-state index contributed by atoms with van der Waals surface area (Å²) in [5.41, 5.74) is 1.82. The van der Waals surface area contributed by atoms with E-state index in [0.717, 1.165) is 25.2 Å². The molecule has 0 atom stereocenters. The molecule has 4 heterocycles. The summed E-state index contributed by atoms with van der Waals surface area (Å²) in [6.45, 7) is 8.33. The summed E-state index contributed by atoms with van der Waals surface area (Å²) < 4.78 is 22.7. The third-order valence-corrected chi connectivity index (χ3v) is 5.76. The fraction of sp³-hybridized carbons (Fsp3) is 0.391. The Hall–Kier alpha value is -3.53. The molecule has 2 N–H and O–H groups in total. The van der Waals surface area contributed by atoms with Gasteiger partial charge in [-0.1, -0.05) is 11.2 Å². The van der Waals surface area contributed by atoms with Gasteiger partial charge in [0.2, 0.25) is 5.95 Å². The first-order valence-electron chi connectivity index (χ1n) is 11.0. The molecule has 0 unspecified atom stereocenters. The second kappa shape index (κ2) is 7.80. The third-order valence-electron chi connectivity index (χ3n) is 5.76. The Morgan fingerprint density at radius 2 is 2.06 bits per heavy atom. The Bertz CT molecular complexity index is 1390. The second-order valence-corrected chi connectivity index (χ2v) is 9.04. The molecule has 0 radical (unpaired) electrons. The standard InChI is InChI=1S/C23H26FN7O2/c1-13(2)30-21(32)17-12-26-22(27-16-6-5-14-7-8-25-11-15(14)9-16)28-20(17)31(30)19-10-18(33-29-19)23(3,4)24/h5-6,9-10,12-13,25H,7-8,11H2,1-4H3,(H,26,27,28). The summed E-state index contributed by atoms with van der Waals surface area (Å²) in [7, 11) is 0.